The second kappa shape index (κ2) is 6.17. The molecular weight excluding hydrogens is 346 g/mol. The molecule has 2 atom stereocenters. The molecule has 1 aliphatic rings. The average molecular weight is 364 g/mol. The Bertz CT molecular complexity index is 475. The van der Waals surface area contributed by atoms with E-state index in [4.69, 9.17) is 4.74 Å². The van der Waals surface area contributed by atoms with Crippen LogP contribution in [0, 0.1) is 0 Å². The first kappa shape index (κ1) is 16.4. The molecule has 0 aromatic rings. The Labute approximate surface area is 117 Å². The third-order valence-electron chi connectivity index (χ3n) is 2.57. The highest BCUT2D eigenvalue weighted by molar-refractivity contribution is 9.09. The summed E-state index contributed by atoms with van der Waals surface area (Å²) in [4.78, 5) is 0. The first-order valence-electron chi connectivity index (χ1n) is 5.51. The molecule has 0 aromatic heterocycles. The van der Waals surface area contributed by atoms with Crippen molar-refractivity contribution in [2.75, 3.05) is 36.2 Å². The molecule has 0 aromatic carbocycles. The van der Waals surface area contributed by atoms with Crippen molar-refractivity contribution in [3.05, 3.63) is 0 Å². The Kier molecular flexibility index (Phi) is 5.60. The van der Waals surface area contributed by atoms with Gasteiger partial charge in [0.05, 0.1) is 23.7 Å². The number of sulfonamides is 1. The molecule has 0 radical (unpaired) electrons. The Morgan fingerprint density at radius 1 is 1.22 bits per heavy atom. The van der Waals surface area contributed by atoms with Gasteiger partial charge in [0, 0.05) is 24.7 Å². The summed E-state index contributed by atoms with van der Waals surface area (Å²) in [6.45, 7) is 2.34. The number of sulfone groups is 1. The molecule has 1 rings (SSSR count). The molecule has 0 bridgehead atoms. The van der Waals surface area contributed by atoms with Crippen LogP contribution in [0.4, 0.5) is 0 Å². The second-order valence-electron chi connectivity index (χ2n) is 4.49. The minimum Gasteiger partial charge on any atom is -0.372 e. The topological polar surface area (TPSA) is 80.8 Å². The Morgan fingerprint density at radius 2 is 1.83 bits per heavy atom. The van der Waals surface area contributed by atoms with Crippen molar-refractivity contribution in [2.24, 2.45) is 0 Å². The molecule has 0 N–H and O–H groups in total. The molecule has 1 heterocycles. The summed E-state index contributed by atoms with van der Waals surface area (Å²) in [5.74, 6) is -0.715. The number of halogens is 1. The molecule has 18 heavy (non-hydrogen) atoms. The van der Waals surface area contributed by atoms with Gasteiger partial charge in [0.25, 0.3) is 0 Å². The maximum absolute atomic E-state index is 12.0. The lowest BCUT2D eigenvalue weighted by molar-refractivity contribution is -0.0410. The molecule has 0 amide bonds. The number of morpholine rings is 1. The van der Waals surface area contributed by atoms with Gasteiger partial charge in [0.2, 0.25) is 10.0 Å². The first-order valence-corrected chi connectivity index (χ1v) is 10.3. The lowest BCUT2D eigenvalue weighted by atomic mass is 10.3. The highest BCUT2D eigenvalue weighted by atomic mass is 79.9. The van der Waals surface area contributed by atoms with Crippen molar-refractivity contribution >= 4 is 35.8 Å². The van der Waals surface area contributed by atoms with Crippen LogP contribution in [0.1, 0.15) is 6.92 Å². The fraction of sp³-hybridized carbons (Fsp3) is 1.00. The molecule has 0 spiro atoms. The second-order valence-corrected chi connectivity index (χ2v) is 9.48. The number of rotatable bonds is 5. The van der Waals surface area contributed by atoms with Crippen LogP contribution in [0.25, 0.3) is 0 Å². The van der Waals surface area contributed by atoms with E-state index in [1.54, 1.807) is 6.92 Å². The van der Waals surface area contributed by atoms with Gasteiger partial charge < -0.3 is 4.74 Å². The largest absolute Gasteiger partial charge is 0.372 e. The summed E-state index contributed by atoms with van der Waals surface area (Å²) in [7, 11) is -6.81. The molecule has 108 valence electrons. The molecule has 2 unspecified atom stereocenters. The summed E-state index contributed by atoms with van der Waals surface area (Å²) >= 11 is 3.26. The van der Waals surface area contributed by atoms with E-state index < -0.39 is 19.9 Å². The van der Waals surface area contributed by atoms with Gasteiger partial charge in [-0.3, -0.25) is 0 Å². The number of alkyl halides is 1. The van der Waals surface area contributed by atoms with Gasteiger partial charge in [0.1, 0.15) is 9.84 Å². The Hall–Kier alpha value is 0.300. The van der Waals surface area contributed by atoms with E-state index in [9.17, 15) is 16.8 Å². The zero-order valence-corrected chi connectivity index (χ0v) is 13.6. The minimum absolute atomic E-state index is 0.186. The fourth-order valence-corrected chi connectivity index (χ4v) is 5.20. The van der Waals surface area contributed by atoms with Crippen LogP contribution >= 0.6 is 15.9 Å². The monoisotopic (exact) mass is 363 g/mol. The Morgan fingerprint density at radius 3 is 2.33 bits per heavy atom. The molecule has 1 aliphatic heterocycles. The van der Waals surface area contributed by atoms with Crippen LogP contribution in [0.2, 0.25) is 0 Å². The maximum Gasteiger partial charge on any atom is 0.215 e. The van der Waals surface area contributed by atoms with Gasteiger partial charge in [-0.15, -0.1) is 0 Å². The predicted octanol–water partition coefficient (Wildman–Crippen LogP) is -0.155. The third kappa shape index (κ3) is 5.12. The van der Waals surface area contributed by atoms with E-state index in [2.05, 4.69) is 15.9 Å². The maximum atomic E-state index is 12.0. The summed E-state index contributed by atoms with van der Waals surface area (Å²) in [5, 5.41) is 0.551. The quantitative estimate of drug-likeness (QED) is 0.634. The van der Waals surface area contributed by atoms with E-state index >= 15 is 0 Å². The molecule has 1 fully saturated rings. The van der Waals surface area contributed by atoms with Crippen molar-refractivity contribution in [3.63, 3.8) is 0 Å². The lowest BCUT2D eigenvalue weighted by Crippen LogP contribution is -2.50. The molecular formula is C9H18BrNO5S2. The van der Waals surface area contributed by atoms with Gasteiger partial charge in [-0.1, -0.05) is 15.9 Å². The fourth-order valence-electron chi connectivity index (χ4n) is 1.70. The number of hydrogen-bond acceptors (Lipinski definition) is 5. The first-order chi connectivity index (χ1) is 8.14. The summed E-state index contributed by atoms with van der Waals surface area (Å²) in [6, 6.07) is 0. The van der Waals surface area contributed by atoms with Crippen molar-refractivity contribution in [1.82, 2.24) is 4.31 Å². The Balaban J connectivity index is 2.72. The van der Waals surface area contributed by atoms with Crippen molar-refractivity contribution < 1.29 is 21.6 Å². The molecule has 6 nitrogen and oxygen atoms in total. The van der Waals surface area contributed by atoms with Crippen LogP contribution < -0.4 is 0 Å². The standard InChI is InChI=1S/C9H18BrNO5S2/c1-8-6-11(7-9(5-10)16-8)18(14,15)4-3-17(2,12)13/h8-9H,3-7H2,1-2H3. The van der Waals surface area contributed by atoms with Crippen molar-refractivity contribution in [1.29, 1.82) is 0 Å². The van der Waals surface area contributed by atoms with Crippen LogP contribution in [-0.2, 0) is 24.6 Å². The molecule has 0 saturated carbocycles. The number of ether oxygens (including phenoxy) is 1. The zero-order chi connectivity index (χ0) is 14.0. The third-order valence-corrected chi connectivity index (χ3v) is 6.30. The van der Waals surface area contributed by atoms with Gasteiger partial charge in [-0.05, 0) is 6.92 Å². The number of hydrogen-bond donors (Lipinski definition) is 0. The van der Waals surface area contributed by atoms with Crippen LogP contribution in [-0.4, -0.2) is 69.5 Å². The van der Waals surface area contributed by atoms with Crippen LogP contribution in [0.5, 0.6) is 0 Å². The summed E-state index contributed by atoms with van der Waals surface area (Å²) in [6.07, 6.45) is 0.655. The molecule has 9 heteroatoms. The van der Waals surface area contributed by atoms with E-state index in [0.717, 1.165) is 6.26 Å². The summed E-state index contributed by atoms with van der Waals surface area (Å²) in [5.41, 5.74) is 0. The van der Waals surface area contributed by atoms with E-state index in [0.29, 0.717) is 5.33 Å². The van der Waals surface area contributed by atoms with Gasteiger partial charge in [0.15, 0.2) is 0 Å². The minimum atomic E-state index is -3.54. The van der Waals surface area contributed by atoms with E-state index in [1.165, 1.54) is 4.31 Å². The zero-order valence-electron chi connectivity index (χ0n) is 10.4. The van der Waals surface area contributed by atoms with Gasteiger partial charge in [-0.25, -0.2) is 16.8 Å². The van der Waals surface area contributed by atoms with Crippen LogP contribution in [0.15, 0.2) is 0 Å². The highest BCUT2D eigenvalue weighted by Crippen LogP contribution is 2.16. The van der Waals surface area contributed by atoms with Gasteiger partial charge >= 0.3 is 0 Å². The van der Waals surface area contributed by atoms with Crippen molar-refractivity contribution in [2.45, 2.75) is 19.1 Å². The van der Waals surface area contributed by atoms with Crippen LogP contribution in [0.3, 0.4) is 0 Å². The van der Waals surface area contributed by atoms with Gasteiger partial charge in [-0.2, -0.15) is 4.31 Å². The summed E-state index contributed by atoms with van der Waals surface area (Å²) < 4.78 is 53.0. The lowest BCUT2D eigenvalue weighted by Gasteiger charge is -2.35. The molecule has 0 aliphatic carbocycles. The molecule has 1 saturated heterocycles. The normalized spacial score (nSPS) is 27.3. The van der Waals surface area contributed by atoms with E-state index in [1.807, 2.05) is 0 Å². The highest BCUT2D eigenvalue weighted by Gasteiger charge is 2.32. The smallest absolute Gasteiger partial charge is 0.215 e. The van der Waals surface area contributed by atoms with Crippen molar-refractivity contribution in [3.8, 4) is 0 Å². The average Bonchev–Trinajstić information content (AvgIpc) is 2.25. The number of nitrogens with zero attached hydrogens (tertiary/aromatic N) is 1. The predicted molar refractivity (Wildman–Crippen MR) is 73.2 cm³/mol. The van der Waals surface area contributed by atoms with E-state index in [-0.39, 0.29) is 36.8 Å². The SMILES string of the molecule is CC1CN(S(=O)(=O)CCS(C)(=O)=O)CC(CBr)O1.